The van der Waals surface area contributed by atoms with E-state index >= 15 is 0 Å². The number of aromatic hydroxyl groups is 1. The smallest absolute Gasteiger partial charge is 0.117 e. The van der Waals surface area contributed by atoms with Crippen molar-refractivity contribution >= 4 is 28.7 Å². The minimum Gasteiger partial charge on any atom is -0.508 e. The fourth-order valence-electron chi connectivity index (χ4n) is 0.912. The first-order valence-corrected chi connectivity index (χ1v) is 4.75. The lowest BCUT2D eigenvalue weighted by molar-refractivity contribution is 0.475. The Bertz CT molecular complexity index is 272. The average Bonchev–Trinajstić information content (AvgIpc) is 1.99. The first-order chi connectivity index (χ1) is 5.72. The summed E-state index contributed by atoms with van der Waals surface area (Å²) >= 11 is 2.17. The number of benzene rings is 1. The van der Waals surface area contributed by atoms with Crippen LogP contribution in [-0.4, -0.2) is 5.11 Å². The van der Waals surface area contributed by atoms with Crippen LogP contribution in [0.5, 0.6) is 5.75 Å². The average molecular weight is 273 g/mol. The van der Waals surface area contributed by atoms with E-state index in [1.165, 1.54) is 0 Å². The van der Waals surface area contributed by atoms with E-state index in [9.17, 15) is 5.11 Å². The first kappa shape index (κ1) is 9.58. The Morgan fingerprint density at radius 3 is 2.75 bits per heavy atom. The molecule has 0 atom stereocenters. The normalized spacial score (nSPS) is 10.8. The van der Waals surface area contributed by atoms with Crippen molar-refractivity contribution in [2.75, 3.05) is 0 Å². The molecule has 0 bridgehead atoms. The van der Waals surface area contributed by atoms with E-state index in [-0.39, 0.29) is 0 Å². The lowest BCUT2D eigenvalue weighted by Gasteiger charge is -1.97. The summed E-state index contributed by atoms with van der Waals surface area (Å²) < 4.78 is 1.04. The number of rotatable bonds is 2. The second-order valence-corrected chi connectivity index (χ2v) is 3.68. The Morgan fingerprint density at radius 2 is 2.17 bits per heavy atom. The van der Waals surface area contributed by atoms with Gasteiger partial charge >= 0.3 is 0 Å². The molecular formula is C10H10IO. The highest BCUT2D eigenvalue weighted by molar-refractivity contribution is 14.1. The summed E-state index contributed by atoms with van der Waals surface area (Å²) in [5, 5.41) is 9.24. The fraction of sp³-hybridized carbons (Fsp3) is 0.100. The van der Waals surface area contributed by atoms with E-state index in [2.05, 4.69) is 29.5 Å². The third-order valence-electron chi connectivity index (χ3n) is 1.38. The van der Waals surface area contributed by atoms with Gasteiger partial charge in [0.1, 0.15) is 5.75 Å². The van der Waals surface area contributed by atoms with Gasteiger partial charge in [0, 0.05) is 3.57 Å². The Labute approximate surface area is 86.3 Å². The molecule has 1 N–H and O–H groups in total. The van der Waals surface area contributed by atoms with Gasteiger partial charge in [0.15, 0.2) is 0 Å². The molecule has 12 heavy (non-hydrogen) atoms. The molecule has 1 aromatic carbocycles. The van der Waals surface area contributed by atoms with Crippen LogP contribution < -0.4 is 0 Å². The Hall–Kier alpha value is -0.510. The van der Waals surface area contributed by atoms with Crippen molar-refractivity contribution in [2.24, 2.45) is 0 Å². The number of hydrogen-bond donors (Lipinski definition) is 1. The quantitative estimate of drug-likeness (QED) is 0.820. The summed E-state index contributed by atoms with van der Waals surface area (Å²) in [5.41, 5.74) is 1.02. The maximum atomic E-state index is 9.24. The summed E-state index contributed by atoms with van der Waals surface area (Å²) in [6.45, 7) is 3.69. The molecule has 0 saturated carbocycles. The molecule has 0 saturated heterocycles. The number of phenols is 1. The zero-order valence-corrected chi connectivity index (χ0v) is 8.78. The number of hydrogen-bond acceptors (Lipinski definition) is 1. The molecule has 1 aromatic rings. The molecule has 0 aliphatic rings. The highest BCUT2D eigenvalue weighted by atomic mass is 127. The summed E-state index contributed by atoms with van der Waals surface area (Å²) in [5.74, 6) is 0.311. The predicted octanol–water partition coefficient (Wildman–Crippen LogP) is 3.23. The van der Waals surface area contributed by atoms with Crippen LogP contribution >= 0.6 is 22.6 Å². The van der Waals surface area contributed by atoms with Gasteiger partial charge in [-0.1, -0.05) is 12.2 Å². The minimum absolute atomic E-state index is 0.311. The monoisotopic (exact) mass is 273 g/mol. The first-order valence-electron chi connectivity index (χ1n) is 3.67. The molecule has 1 nitrogen and oxygen atoms in total. The van der Waals surface area contributed by atoms with E-state index in [1.807, 2.05) is 18.2 Å². The van der Waals surface area contributed by atoms with Crippen molar-refractivity contribution in [3.63, 3.8) is 0 Å². The zero-order chi connectivity index (χ0) is 8.97. The molecule has 2 heteroatoms. The van der Waals surface area contributed by atoms with Crippen molar-refractivity contribution in [3.05, 3.63) is 40.3 Å². The molecule has 0 amide bonds. The number of halogens is 1. The Kier molecular flexibility index (Phi) is 3.59. The Morgan fingerprint density at radius 1 is 1.42 bits per heavy atom. The SMILES string of the molecule is [CH2]CC=Cc1cc(O)cc(I)c1. The van der Waals surface area contributed by atoms with E-state index in [0.717, 1.165) is 15.6 Å². The van der Waals surface area contributed by atoms with E-state index in [1.54, 1.807) is 12.1 Å². The molecule has 0 aliphatic carbocycles. The van der Waals surface area contributed by atoms with Crippen molar-refractivity contribution in [3.8, 4) is 5.75 Å². The predicted molar refractivity (Wildman–Crippen MR) is 59.8 cm³/mol. The molecule has 63 valence electrons. The van der Waals surface area contributed by atoms with Crippen LogP contribution in [0.1, 0.15) is 12.0 Å². The van der Waals surface area contributed by atoms with Gasteiger partial charge in [0.2, 0.25) is 0 Å². The third kappa shape index (κ3) is 2.85. The second-order valence-electron chi connectivity index (χ2n) is 2.43. The molecule has 1 rings (SSSR count). The highest BCUT2D eigenvalue weighted by Gasteiger charge is 1.93. The zero-order valence-electron chi connectivity index (χ0n) is 6.63. The van der Waals surface area contributed by atoms with Crippen LogP contribution in [0.15, 0.2) is 24.3 Å². The van der Waals surface area contributed by atoms with Gasteiger partial charge in [-0.05, 0) is 59.7 Å². The van der Waals surface area contributed by atoms with Crippen LogP contribution in [0, 0.1) is 10.5 Å². The van der Waals surface area contributed by atoms with Gasteiger partial charge in [-0.15, -0.1) is 0 Å². The molecule has 0 fully saturated rings. The van der Waals surface area contributed by atoms with Gasteiger partial charge in [-0.25, -0.2) is 0 Å². The fourth-order valence-corrected chi connectivity index (χ4v) is 1.59. The molecule has 0 aromatic heterocycles. The van der Waals surface area contributed by atoms with E-state index in [0.29, 0.717) is 5.75 Å². The van der Waals surface area contributed by atoms with E-state index < -0.39 is 0 Å². The number of allylic oxidation sites excluding steroid dienone is 1. The van der Waals surface area contributed by atoms with E-state index in [4.69, 9.17) is 0 Å². The van der Waals surface area contributed by atoms with Gasteiger partial charge in [0.25, 0.3) is 0 Å². The third-order valence-corrected chi connectivity index (χ3v) is 2.00. The van der Waals surface area contributed by atoms with Crippen molar-refractivity contribution in [1.29, 1.82) is 0 Å². The van der Waals surface area contributed by atoms with Gasteiger partial charge in [-0.2, -0.15) is 0 Å². The lowest BCUT2D eigenvalue weighted by atomic mass is 10.2. The van der Waals surface area contributed by atoms with Crippen LogP contribution in [0.3, 0.4) is 0 Å². The van der Waals surface area contributed by atoms with Gasteiger partial charge in [-0.3, -0.25) is 0 Å². The molecular weight excluding hydrogens is 263 g/mol. The molecule has 0 unspecified atom stereocenters. The van der Waals surface area contributed by atoms with Crippen LogP contribution in [0.2, 0.25) is 0 Å². The van der Waals surface area contributed by atoms with Crippen LogP contribution in [0.4, 0.5) is 0 Å². The van der Waals surface area contributed by atoms with Crippen LogP contribution in [-0.2, 0) is 0 Å². The highest BCUT2D eigenvalue weighted by Crippen LogP contribution is 2.18. The maximum Gasteiger partial charge on any atom is 0.117 e. The molecule has 0 heterocycles. The maximum absolute atomic E-state index is 9.24. The molecule has 1 radical (unpaired) electrons. The summed E-state index contributed by atoms with van der Waals surface area (Å²) in [7, 11) is 0. The number of phenolic OH excluding ortho intramolecular Hbond substituents is 1. The second kappa shape index (κ2) is 4.50. The topological polar surface area (TPSA) is 20.2 Å². The van der Waals surface area contributed by atoms with Crippen LogP contribution in [0.25, 0.3) is 6.08 Å². The van der Waals surface area contributed by atoms with Crippen molar-refractivity contribution < 1.29 is 5.11 Å². The molecule has 0 aliphatic heterocycles. The van der Waals surface area contributed by atoms with Crippen molar-refractivity contribution in [2.45, 2.75) is 6.42 Å². The largest absolute Gasteiger partial charge is 0.508 e. The summed E-state index contributed by atoms with van der Waals surface area (Å²) in [6.07, 6.45) is 4.69. The lowest BCUT2D eigenvalue weighted by Crippen LogP contribution is -1.75. The summed E-state index contributed by atoms with van der Waals surface area (Å²) in [4.78, 5) is 0. The minimum atomic E-state index is 0.311. The standard InChI is InChI=1S/C10H10IO/c1-2-3-4-8-5-9(11)7-10(12)6-8/h3-7,12H,1-2H2. The van der Waals surface area contributed by atoms with Gasteiger partial charge < -0.3 is 5.11 Å². The van der Waals surface area contributed by atoms with Gasteiger partial charge in [0.05, 0.1) is 0 Å². The van der Waals surface area contributed by atoms with Crippen molar-refractivity contribution in [1.82, 2.24) is 0 Å². The Balaban J connectivity index is 2.93. The summed E-state index contributed by atoms with van der Waals surface area (Å²) in [6, 6.07) is 5.46. The molecule has 0 spiro atoms.